The fourth-order valence-corrected chi connectivity index (χ4v) is 2.16. The highest BCUT2D eigenvalue weighted by atomic mass is 16.2. The zero-order chi connectivity index (χ0) is 13.9. The molecule has 0 fully saturated rings. The van der Waals surface area contributed by atoms with Crippen molar-refractivity contribution in [2.24, 2.45) is 0 Å². The number of H-pyrrole nitrogens is 1. The van der Waals surface area contributed by atoms with E-state index >= 15 is 0 Å². The van der Waals surface area contributed by atoms with Crippen LogP contribution in [0.5, 0.6) is 0 Å². The number of nitrogens with one attached hydrogen (secondary N) is 1. The second-order valence-electron chi connectivity index (χ2n) is 4.53. The normalized spacial score (nSPS) is 10.8. The van der Waals surface area contributed by atoms with E-state index in [1.165, 1.54) is 10.9 Å². The van der Waals surface area contributed by atoms with Gasteiger partial charge >= 0.3 is 0 Å². The van der Waals surface area contributed by atoms with Gasteiger partial charge in [-0.3, -0.25) is 19.7 Å². The lowest BCUT2D eigenvalue weighted by molar-refractivity contribution is 0.575. The number of hydrogen-bond acceptors (Lipinski definition) is 3. The summed E-state index contributed by atoms with van der Waals surface area (Å²) in [7, 11) is 0. The van der Waals surface area contributed by atoms with Gasteiger partial charge in [0.1, 0.15) is 5.52 Å². The molecule has 0 aliphatic rings. The Balaban J connectivity index is 1.99. The first-order valence-electron chi connectivity index (χ1n) is 6.37. The van der Waals surface area contributed by atoms with Crippen molar-refractivity contribution < 1.29 is 0 Å². The molecule has 0 saturated carbocycles. The minimum Gasteiger partial charge on any atom is -0.267 e. The number of hydrogen-bond donors (Lipinski definition) is 1. The standard InChI is InChI=1S/C15H13N3O2/c19-14-12-7-4-9-16-13(12)15(20)18(17-14)10-8-11-5-2-1-3-6-11/h1-7,9H,8,10H2,(H,17,19). The van der Waals surface area contributed by atoms with Crippen LogP contribution in [0.3, 0.4) is 0 Å². The van der Waals surface area contributed by atoms with Gasteiger partial charge in [0.25, 0.3) is 11.1 Å². The first-order chi connectivity index (χ1) is 9.75. The molecule has 20 heavy (non-hydrogen) atoms. The lowest BCUT2D eigenvalue weighted by atomic mass is 10.1. The summed E-state index contributed by atoms with van der Waals surface area (Å²) in [6.07, 6.45) is 2.19. The zero-order valence-electron chi connectivity index (χ0n) is 10.7. The van der Waals surface area contributed by atoms with Crippen LogP contribution in [0.25, 0.3) is 10.9 Å². The van der Waals surface area contributed by atoms with Crippen molar-refractivity contribution >= 4 is 10.9 Å². The highest BCUT2D eigenvalue weighted by Gasteiger charge is 2.07. The Morgan fingerprint density at radius 1 is 1.05 bits per heavy atom. The summed E-state index contributed by atoms with van der Waals surface area (Å²) < 4.78 is 1.32. The third-order valence-electron chi connectivity index (χ3n) is 3.20. The topological polar surface area (TPSA) is 67.8 Å². The van der Waals surface area contributed by atoms with E-state index in [4.69, 9.17) is 0 Å². The predicted molar refractivity (Wildman–Crippen MR) is 76.8 cm³/mol. The molecule has 0 atom stereocenters. The molecule has 0 aliphatic heterocycles. The van der Waals surface area contributed by atoms with Crippen molar-refractivity contribution in [3.05, 3.63) is 74.9 Å². The molecule has 2 aromatic heterocycles. The Bertz CT molecular complexity index is 850. The van der Waals surface area contributed by atoms with Crippen LogP contribution in [0.4, 0.5) is 0 Å². The largest absolute Gasteiger partial charge is 0.291 e. The Hall–Kier alpha value is -2.69. The molecule has 0 aliphatic carbocycles. The summed E-state index contributed by atoms with van der Waals surface area (Å²) in [6, 6.07) is 13.1. The minimum absolute atomic E-state index is 0.212. The first kappa shape index (κ1) is 12.3. The number of pyridine rings is 1. The van der Waals surface area contributed by atoms with Gasteiger partial charge in [-0.25, -0.2) is 4.68 Å². The summed E-state index contributed by atoms with van der Waals surface area (Å²) in [5, 5.41) is 2.92. The maximum Gasteiger partial charge on any atom is 0.291 e. The number of rotatable bonds is 3. The molecule has 0 bridgehead atoms. The molecule has 0 saturated heterocycles. The van der Waals surface area contributed by atoms with E-state index < -0.39 is 0 Å². The molecule has 0 radical (unpaired) electrons. The monoisotopic (exact) mass is 267 g/mol. The number of aryl methyl sites for hydroxylation is 2. The summed E-state index contributed by atoms with van der Waals surface area (Å²) in [4.78, 5) is 28.1. The van der Waals surface area contributed by atoms with Crippen molar-refractivity contribution in [2.75, 3.05) is 0 Å². The van der Waals surface area contributed by atoms with Crippen LogP contribution < -0.4 is 11.1 Å². The maximum absolute atomic E-state index is 12.2. The number of aromatic amines is 1. The van der Waals surface area contributed by atoms with Gasteiger partial charge in [0.2, 0.25) is 0 Å². The van der Waals surface area contributed by atoms with E-state index in [9.17, 15) is 9.59 Å². The Morgan fingerprint density at radius 2 is 1.85 bits per heavy atom. The number of fused-ring (bicyclic) bond motifs is 1. The van der Waals surface area contributed by atoms with Crippen LogP contribution in [0.15, 0.2) is 58.3 Å². The van der Waals surface area contributed by atoms with Crippen LogP contribution in [-0.2, 0) is 13.0 Å². The fraction of sp³-hybridized carbons (Fsp3) is 0.133. The fourth-order valence-electron chi connectivity index (χ4n) is 2.16. The summed E-state index contributed by atoms with van der Waals surface area (Å²) in [6.45, 7) is 0.421. The highest BCUT2D eigenvalue weighted by Crippen LogP contribution is 2.02. The van der Waals surface area contributed by atoms with E-state index in [1.54, 1.807) is 12.1 Å². The molecule has 5 heteroatoms. The van der Waals surface area contributed by atoms with Crippen LogP contribution in [-0.4, -0.2) is 14.8 Å². The summed E-state index contributed by atoms with van der Waals surface area (Å²) in [5.74, 6) is 0. The van der Waals surface area contributed by atoms with Gasteiger partial charge in [-0.1, -0.05) is 30.3 Å². The van der Waals surface area contributed by atoms with Gasteiger partial charge in [0.15, 0.2) is 0 Å². The Labute approximate surface area is 114 Å². The number of benzene rings is 1. The molecule has 2 heterocycles. The van der Waals surface area contributed by atoms with Gasteiger partial charge in [0, 0.05) is 12.7 Å². The van der Waals surface area contributed by atoms with Crippen molar-refractivity contribution in [1.82, 2.24) is 14.8 Å². The zero-order valence-corrected chi connectivity index (χ0v) is 10.7. The summed E-state index contributed by atoms with van der Waals surface area (Å²) >= 11 is 0. The van der Waals surface area contributed by atoms with E-state index in [2.05, 4.69) is 10.1 Å². The van der Waals surface area contributed by atoms with Gasteiger partial charge in [-0.2, -0.15) is 0 Å². The van der Waals surface area contributed by atoms with Crippen molar-refractivity contribution in [3.8, 4) is 0 Å². The SMILES string of the molecule is O=c1[nH]n(CCc2ccccc2)c(=O)c2ncccc12. The third kappa shape index (κ3) is 2.25. The van der Waals surface area contributed by atoms with E-state index in [-0.39, 0.29) is 16.6 Å². The average molecular weight is 267 g/mol. The van der Waals surface area contributed by atoms with Crippen LogP contribution in [0.1, 0.15) is 5.56 Å². The van der Waals surface area contributed by atoms with Crippen molar-refractivity contribution in [3.63, 3.8) is 0 Å². The van der Waals surface area contributed by atoms with Crippen LogP contribution >= 0.6 is 0 Å². The molecule has 5 nitrogen and oxygen atoms in total. The second-order valence-corrected chi connectivity index (χ2v) is 4.53. The molecule has 1 N–H and O–H groups in total. The molecule has 1 aromatic carbocycles. The molecular weight excluding hydrogens is 254 g/mol. The lowest BCUT2D eigenvalue weighted by Gasteiger charge is -2.06. The van der Waals surface area contributed by atoms with Gasteiger partial charge in [-0.15, -0.1) is 0 Å². The molecule has 100 valence electrons. The van der Waals surface area contributed by atoms with Crippen LogP contribution in [0, 0.1) is 0 Å². The number of nitrogens with zero attached hydrogens (tertiary/aromatic N) is 2. The van der Waals surface area contributed by atoms with Crippen molar-refractivity contribution in [2.45, 2.75) is 13.0 Å². The van der Waals surface area contributed by atoms with Crippen molar-refractivity contribution in [1.29, 1.82) is 0 Å². The van der Waals surface area contributed by atoms with Gasteiger partial charge < -0.3 is 0 Å². The first-order valence-corrected chi connectivity index (χ1v) is 6.37. The predicted octanol–water partition coefficient (Wildman–Crippen LogP) is 1.33. The van der Waals surface area contributed by atoms with E-state index in [0.29, 0.717) is 18.4 Å². The van der Waals surface area contributed by atoms with E-state index in [0.717, 1.165) is 5.56 Å². The average Bonchev–Trinajstić information content (AvgIpc) is 2.50. The van der Waals surface area contributed by atoms with Gasteiger partial charge in [0.05, 0.1) is 5.39 Å². The molecule has 3 rings (SSSR count). The quantitative estimate of drug-likeness (QED) is 0.778. The van der Waals surface area contributed by atoms with Gasteiger partial charge in [-0.05, 0) is 24.1 Å². The molecule has 0 spiro atoms. The highest BCUT2D eigenvalue weighted by molar-refractivity contribution is 5.75. The molecule has 3 aromatic rings. The van der Waals surface area contributed by atoms with Crippen LogP contribution in [0.2, 0.25) is 0 Å². The lowest BCUT2D eigenvalue weighted by Crippen LogP contribution is -2.31. The Morgan fingerprint density at radius 3 is 2.65 bits per heavy atom. The van der Waals surface area contributed by atoms with E-state index in [1.807, 2.05) is 30.3 Å². The second kappa shape index (κ2) is 5.13. The third-order valence-corrected chi connectivity index (χ3v) is 3.20. The summed E-state index contributed by atoms with van der Waals surface area (Å²) in [5.41, 5.74) is 0.766. The smallest absolute Gasteiger partial charge is 0.267 e. The molecule has 0 amide bonds. The Kier molecular flexibility index (Phi) is 3.16. The maximum atomic E-state index is 12.2. The molecule has 0 unspecified atom stereocenters. The number of aromatic nitrogens is 3. The minimum atomic E-state index is -0.291. The molecular formula is C15H13N3O2.